The number of rotatable bonds is 1. The van der Waals surface area contributed by atoms with Crippen molar-refractivity contribution in [2.45, 2.75) is 32.4 Å². The van der Waals surface area contributed by atoms with Crippen molar-refractivity contribution in [1.82, 2.24) is 9.80 Å². The molecule has 80 valence electrons. The van der Waals surface area contributed by atoms with E-state index in [1.165, 1.54) is 19.5 Å². The Labute approximate surface area is 87.6 Å². The summed E-state index contributed by atoms with van der Waals surface area (Å²) < 4.78 is 0. The zero-order valence-corrected chi connectivity index (χ0v) is 9.83. The first-order valence-electron chi connectivity index (χ1n) is 5.71. The third-order valence-electron chi connectivity index (χ3n) is 3.81. The van der Waals surface area contributed by atoms with E-state index < -0.39 is 0 Å². The summed E-state index contributed by atoms with van der Waals surface area (Å²) >= 11 is 0. The van der Waals surface area contributed by atoms with Crippen molar-refractivity contribution in [2.24, 2.45) is 5.92 Å². The lowest BCUT2D eigenvalue weighted by Gasteiger charge is -2.43. The van der Waals surface area contributed by atoms with E-state index in [0.29, 0.717) is 12.0 Å². The van der Waals surface area contributed by atoms with Crippen LogP contribution in [0.25, 0.3) is 0 Å². The average Bonchev–Trinajstić information content (AvgIpc) is 2.56. The summed E-state index contributed by atoms with van der Waals surface area (Å²) in [4.78, 5) is 5.06. The van der Waals surface area contributed by atoms with Crippen LogP contribution in [-0.2, 0) is 0 Å². The Morgan fingerprint density at radius 1 is 1.21 bits per heavy atom. The summed E-state index contributed by atoms with van der Waals surface area (Å²) in [5.74, 6) is 0.707. The maximum absolute atomic E-state index is 2.53. The molecule has 2 atom stereocenters. The van der Waals surface area contributed by atoms with Crippen molar-refractivity contribution in [3.8, 4) is 0 Å². The Kier molecular flexibility index (Phi) is 2.67. The zero-order chi connectivity index (χ0) is 10.3. The Balaban J connectivity index is 2.19. The Hall–Kier alpha value is -0.340. The van der Waals surface area contributed by atoms with Crippen molar-refractivity contribution in [3.63, 3.8) is 0 Å². The van der Waals surface area contributed by atoms with Gasteiger partial charge in [0.25, 0.3) is 0 Å². The minimum Gasteiger partial charge on any atom is -0.300 e. The number of fused-ring (bicyclic) bond motifs is 1. The van der Waals surface area contributed by atoms with Gasteiger partial charge in [0, 0.05) is 25.2 Å². The third-order valence-corrected chi connectivity index (χ3v) is 3.81. The molecular formula is C12H22N2. The molecule has 0 aromatic heterocycles. The van der Waals surface area contributed by atoms with Crippen molar-refractivity contribution < 1.29 is 0 Å². The van der Waals surface area contributed by atoms with Crippen LogP contribution in [0, 0.1) is 5.92 Å². The maximum Gasteiger partial charge on any atom is 0.0466 e. The molecule has 1 heterocycles. The molecule has 0 bridgehead atoms. The van der Waals surface area contributed by atoms with Gasteiger partial charge in [-0.2, -0.15) is 0 Å². The number of nitrogens with zero attached hydrogens (tertiary/aromatic N) is 2. The van der Waals surface area contributed by atoms with Crippen LogP contribution in [0.1, 0.15) is 20.3 Å². The number of piperazine rings is 1. The van der Waals surface area contributed by atoms with E-state index in [2.05, 4.69) is 43.8 Å². The second-order valence-electron chi connectivity index (χ2n) is 5.07. The molecule has 1 aliphatic heterocycles. The van der Waals surface area contributed by atoms with E-state index in [9.17, 15) is 0 Å². The van der Waals surface area contributed by atoms with Crippen LogP contribution in [0.15, 0.2) is 11.6 Å². The first kappa shape index (κ1) is 10.2. The van der Waals surface area contributed by atoms with Gasteiger partial charge in [-0.3, -0.25) is 9.80 Å². The zero-order valence-electron chi connectivity index (χ0n) is 9.83. The van der Waals surface area contributed by atoms with Gasteiger partial charge in [-0.05, 0) is 26.4 Å². The van der Waals surface area contributed by atoms with Crippen LogP contribution in [-0.4, -0.2) is 49.1 Å². The topological polar surface area (TPSA) is 6.48 Å². The number of likely N-dealkylation sites (N-methyl/N-ethyl adjacent to an activating group) is 2. The van der Waals surface area contributed by atoms with Gasteiger partial charge in [0.15, 0.2) is 0 Å². The highest BCUT2D eigenvalue weighted by atomic mass is 15.3. The second-order valence-corrected chi connectivity index (χ2v) is 5.07. The molecule has 0 radical (unpaired) electrons. The minimum absolute atomic E-state index is 0.689. The molecule has 0 saturated carbocycles. The first-order chi connectivity index (χ1) is 6.61. The van der Waals surface area contributed by atoms with Crippen LogP contribution in [0.2, 0.25) is 0 Å². The predicted octanol–water partition coefficient (Wildman–Crippen LogP) is 1.59. The molecule has 1 aliphatic carbocycles. The molecule has 2 rings (SSSR count). The lowest BCUT2D eigenvalue weighted by molar-refractivity contribution is 0.0782. The average molecular weight is 194 g/mol. The molecule has 0 aromatic carbocycles. The first-order valence-corrected chi connectivity index (χ1v) is 5.71. The van der Waals surface area contributed by atoms with Gasteiger partial charge in [-0.1, -0.05) is 25.5 Å². The van der Waals surface area contributed by atoms with E-state index in [-0.39, 0.29) is 0 Å². The van der Waals surface area contributed by atoms with Gasteiger partial charge in [0.05, 0.1) is 0 Å². The fraction of sp³-hybridized carbons (Fsp3) is 0.833. The molecule has 1 fully saturated rings. The third kappa shape index (κ3) is 1.51. The summed E-state index contributed by atoms with van der Waals surface area (Å²) in [6.45, 7) is 7.06. The van der Waals surface area contributed by atoms with Crippen LogP contribution in [0.4, 0.5) is 0 Å². The Morgan fingerprint density at radius 2 is 1.86 bits per heavy atom. The van der Waals surface area contributed by atoms with Gasteiger partial charge < -0.3 is 0 Å². The summed E-state index contributed by atoms with van der Waals surface area (Å²) in [6, 6.07) is 1.43. The summed E-state index contributed by atoms with van der Waals surface area (Å²) in [5.41, 5.74) is 1.66. The molecule has 1 saturated heterocycles. The molecule has 0 amide bonds. The van der Waals surface area contributed by atoms with Crippen molar-refractivity contribution >= 4 is 0 Å². The molecule has 2 aliphatic rings. The fourth-order valence-electron chi connectivity index (χ4n) is 2.90. The monoisotopic (exact) mass is 194 g/mol. The van der Waals surface area contributed by atoms with E-state index in [4.69, 9.17) is 0 Å². The molecule has 0 N–H and O–H groups in total. The normalized spacial score (nSPS) is 34.8. The van der Waals surface area contributed by atoms with Crippen molar-refractivity contribution in [3.05, 3.63) is 11.6 Å². The summed E-state index contributed by atoms with van der Waals surface area (Å²) in [5, 5.41) is 0. The summed E-state index contributed by atoms with van der Waals surface area (Å²) in [6.07, 6.45) is 3.72. The Morgan fingerprint density at radius 3 is 2.50 bits per heavy atom. The van der Waals surface area contributed by atoms with E-state index in [1.807, 2.05) is 0 Å². The molecule has 14 heavy (non-hydrogen) atoms. The molecule has 0 aromatic rings. The van der Waals surface area contributed by atoms with Crippen molar-refractivity contribution in [1.29, 1.82) is 0 Å². The Bertz CT molecular complexity index is 245. The van der Waals surface area contributed by atoms with E-state index in [1.54, 1.807) is 5.57 Å². The van der Waals surface area contributed by atoms with Gasteiger partial charge in [-0.25, -0.2) is 0 Å². The number of hydrogen-bond acceptors (Lipinski definition) is 2. The summed E-state index contributed by atoms with van der Waals surface area (Å²) in [7, 11) is 4.54. The second kappa shape index (κ2) is 3.67. The molecule has 2 unspecified atom stereocenters. The van der Waals surface area contributed by atoms with Gasteiger partial charge in [0.1, 0.15) is 0 Å². The van der Waals surface area contributed by atoms with Gasteiger partial charge >= 0.3 is 0 Å². The molecule has 0 spiro atoms. The lowest BCUT2D eigenvalue weighted by Crippen LogP contribution is -2.55. The van der Waals surface area contributed by atoms with E-state index in [0.717, 1.165) is 6.04 Å². The number of hydrogen-bond donors (Lipinski definition) is 0. The highest BCUT2D eigenvalue weighted by molar-refractivity contribution is 5.25. The highest BCUT2D eigenvalue weighted by Crippen LogP contribution is 2.33. The smallest absolute Gasteiger partial charge is 0.0466 e. The van der Waals surface area contributed by atoms with E-state index >= 15 is 0 Å². The fourth-order valence-corrected chi connectivity index (χ4v) is 2.90. The van der Waals surface area contributed by atoms with Crippen LogP contribution in [0.5, 0.6) is 0 Å². The van der Waals surface area contributed by atoms with Gasteiger partial charge in [-0.15, -0.1) is 0 Å². The van der Waals surface area contributed by atoms with Gasteiger partial charge in [0.2, 0.25) is 0 Å². The standard InChI is InChI=1S/C12H22N2/c1-9(2)10-5-6-11-12(10)14(4)8-7-13(11)3/h5,9,11-12H,6-8H2,1-4H3. The molecular weight excluding hydrogens is 172 g/mol. The minimum atomic E-state index is 0.689. The lowest BCUT2D eigenvalue weighted by atomic mass is 9.93. The quantitative estimate of drug-likeness (QED) is 0.585. The SMILES string of the molecule is CC(C)C1=CCC2C1N(C)CCN2C. The highest BCUT2D eigenvalue weighted by Gasteiger charge is 2.38. The molecule has 2 nitrogen and oxygen atoms in total. The van der Waals surface area contributed by atoms with Crippen molar-refractivity contribution in [2.75, 3.05) is 27.2 Å². The largest absolute Gasteiger partial charge is 0.300 e. The van der Waals surface area contributed by atoms with Crippen LogP contribution >= 0.6 is 0 Å². The van der Waals surface area contributed by atoms with Crippen LogP contribution in [0.3, 0.4) is 0 Å². The molecule has 2 heteroatoms. The van der Waals surface area contributed by atoms with Crippen LogP contribution < -0.4 is 0 Å². The predicted molar refractivity (Wildman–Crippen MR) is 60.4 cm³/mol. The maximum atomic E-state index is 2.53.